The van der Waals surface area contributed by atoms with Gasteiger partial charge in [-0.3, -0.25) is 0 Å². The number of carbonyl (C=O) groups is 4. The number of unbranched alkanes of at least 4 members (excludes halogenated alkanes) is 8. The second-order valence-electron chi connectivity index (χ2n) is 12.9. The maximum atomic E-state index is 12.9. The molecule has 0 saturated heterocycles. The number of benzene rings is 4. The van der Waals surface area contributed by atoms with Crippen molar-refractivity contribution in [3.8, 4) is 28.4 Å². The van der Waals surface area contributed by atoms with Gasteiger partial charge in [0, 0.05) is 0 Å². The highest BCUT2D eigenvalue weighted by molar-refractivity contribution is 6.32. The van der Waals surface area contributed by atoms with Gasteiger partial charge in [-0.25, -0.2) is 19.2 Å². The van der Waals surface area contributed by atoms with Crippen LogP contribution in [0.4, 0.5) is 0 Å². The zero-order valence-corrected chi connectivity index (χ0v) is 32.0. The standard InChI is InChI=1S/C44H49ClO9/c1-4-6-8-9-10-11-13-28-50-40-27-22-36(30-39(40)45)32-14-16-33(17-15-32)43(48)53-38-25-20-35(21-26-38)44(49)54-37-23-18-34(19-24-37)42(47)52-31(3)41(46)51-29-12-7-5-2/h14-27,30-31H,4-13,28-29H2,1-3H3. The topological polar surface area (TPSA) is 114 Å². The predicted molar refractivity (Wildman–Crippen MR) is 209 cm³/mol. The van der Waals surface area contributed by atoms with Crippen LogP contribution in [0.3, 0.4) is 0 Å². The van der Waals surface area contributed by atoms with Crippen LogP contribution in [-0.4, -0.2) is 43.2 Å². The molecule has 54 heavy (non-hydrogen) atoms. The number of esters is 4. The van der Waals surface area contributed by atoms with Gasteiger partial charge in [-0.1, -0.05) is 95.0 Å². The maximum absolute atomic E-state index is 12.9. The summed E-state index contributed by atoms with van der Waals surface area (Å²) >= 11 is 6.52. The summed E-state index contributed by atoms with van der Waals surface area (Å²) in [5.74, 6) is -1.41. The fourth-order valence-electron chi connectivity index (χ4n) is 5.41. The van der Waals surface area contributed by atoms with E-state index >= 15 is 0 Å². The van der Waals surface area contributed by atoms with Crippen LogP contribution in [-0.2, 0) is 14.3 Å². The van der Waals surface area contributed by atoms with Crippen LogP contribution in [0, 0.1) is 0 Å². The third-order valence-electron chi connectivity index (χ3n) is 8.60. The van der Waals surface area contributed by atoms with Crippen LogP contribution >= 0.6 is 11.6 Å². The lowest BCUT2D eigenvalue weighted by atomic mass is 10.0. The highest BCUT2D eigenvalue weighted by atomic mass is 35.5. The molecule has 9 nitrogen and oxygen atoms in total. The minimum absolute atomic E-state index is 0.180. The summed E-state index contributed by atoms with van der Waals surface area (Å²) in [6.07, 6.45) is 10.1. The fourth-order valence-corrected chi connectivity index (χ4v) is 5.64. The highest BCUT2D eigenvalue weighted by Crippen LogP contribution is 2.31. The van der Waals surface area contributed by atoms with E-state index in [9.17, 15) is 19.2 Å². The largest absolute Gasteiger partial charge is 0.492 e. The zero-order chi connectivity index (χ0) is 38.7. The third kappa shape index (κ3) is 13.4. The van der Waals surface area contributed by atoms with Gasteiger partial charge < -0.3 is 23.7 Å². The van der Waals surface area contributed by atoms with Crippen molar-refractivity contribution in [2.24, 2.45) is 0 Å². The molecular weight excluding hydrogens is 708 g/mol. The van der Waals surface area contributed by atoms with E-state index < -0.39 is 30.0 Å². The van der Waals surface area contributed by atoms with Gasteiger partial charge in [-0.15, -0.1) is 0 Å². The first-order valence-electron chi connectivity index (χ1n) is 18.7. The molecule has 0 fully saturated rings. The molecule has 1 unspecified atom stereocenters. The van der Waals surface area contributed by atoms with Crippen molar-refractivity contribution in [3.63, 3.8) is 0 Å². The lowest BCUT2D eigenvalue weighted by molar-refractivity contribution is -0.153. The second-order valence-corrected chi connectivity index (χ2v) is 13.3. The van der Waals surface area contributed by atoms with Gasteiger partial charge in [0.05, 0.1) is 34.9 Å². The number of hydrogen-bond donors (Lipinski definition) is 0. The van der Waals surface area contributed by atoms with Crippen molar-refractivity contribution in [2.45, 2.75) is 91.1 Å². The molecule has 4 aromatic carbocycles. The Hall–Kier alpha value is -5.15. The average molecular weight is 757 g/mol. The lowest BCUT2D eigenvalue weighted by Gasteiger charge is -2.13. The third-order valence-corrected chi connectivity index (χ3v) is 8.90. The van der Waals surface area contributed by atoms with Gasteiger partial charge in [-0.05, 0) is 104 Å². The second kappa shape index (κ2) is 22.2. The van der Waals surface area contributed by atoms with Gasteiger partial charge in [0.2, 0.25) is 0 Å². The number of ether oxygens (including phenoxy) is 5. The van der Waals surface area contributed by atoms with Crippen molar-refractivity contribution in [3.05, 3.63) is 113 Å². The normalized spacial score (nSPS) is 11.3. The van der Waals surface area contributed by atoms with Gasteiger partial charge >= 0.3 is 23.9 Å². The molecule has 1 atom stereocenters. The van der Waals surface area contributed by atoms with Crippen LogP contribution in [0.2, 0.25) is 5.02 Å². The van der Waals surface area contributed by atoms with Crippen LogP contribution in [0.15, 0.2) is 91.0 Å². The summed E-state index contributed by atoms with van der Waals surface area (Å²) < 4.78 is 27.2. The maximum Gasteiger partial charge on any atom is 0.347 e. The van der Waals surface area contributed by atoms with E-state index in [1.165, 1.54) is 87.6 Å². The predicted octanol–water partition coefficient (Wildman–Crippen LogP) is 10.9. The molecule has 0 aliphatic rings. The summed E-state index contributed by atoms with van der Waals surface area (Å²) in [4.78, 5) is 50.1. The van der Waals surface area contributed by atoms with Crippen LogP contribution < -0.4 is 14.2 Å². The number of rotatable bonds is 21. The smallest absolute Gasteiger partial charge is 0.347 e. The average Bonchev–Trinajstić information content (AvgIpc) is 3.18. The summed E-state index contributed by atoms with van der Waals surface area (Å²) in [5.41, 5.74) is 2.54. The minimum Gasteiger partial charge on any atom is -0.492 e. The first kappa shape index (κ1) is 41.6. The molecule has 0 radical (unpaired) electrons. The van der Waals surface area contributed by atoms with E-state index in [0.717, 1.165) is 43.2 Å². The van der Waals surface area contributed by atoms with Crippen molar-refractivity contribution < 1.29 is 42.9 Å². The minimum atomic E-state index is -1.06. The highest BCUT2D eigenvalue weighted by Gasteiger charge is 2.21. The number of hydrogen-bond acceptors (Lipinski definition) is 9. The molecule has 0 aromatic heterocycles. The van der Waals surface area contributed by atoms with Gasteiger partial charge in [0.1, 0.15) is 17.2 Å². The summed E-state index contributed by atoms with van der Waals surface area (Å²) in [6, 6.07) is 24.4. The molecule has 0 bridgehead atoms. The number of carbonyl (C=O) groups excluding carboxylic acids is 4. The molecule has 10 heteroatoms. The van der Waals surface area contributed by atoms with E-state index in [-0.39, 0.29) is 29.2 Å². The van der Waals surface area contributed by atoms with Crippen LogP contribution in [0.25, 0.3) is 11.1 Å². The molecule has 0 aliphatic carbocycles. The van der Waals surface area contributed by atoms with Gasteiger partial charge in [0.25, 0.3) is 0 Å². The quantitative estimate of drug-likeness (QED) is 0.0465. The van der Waals surface area contributed by atoms with E-state index in [1.807, 2.05) is 37.3 Å². The van der Waals surface area contributed by atoms with Crippen LogP contribution in [0.1, 0.15) is 116 Å². The van der Waals surface area contributed by atoms with E-state index in [2.05, 4.69) is 6.92 Å². The number of halogens is 1. The molecule has 4 aromatic rings. The van der Waals surface area contributed by atoms with Gasteiger partial charge in [-0.2, -0.15) is 0 Å². The molecule has 0 spiro atoms. The van der Waals surface area contributed by atoms with Crippen molar-refractivity contribution in [1.29, 1.82) is 0 Å². The SMILES string of the molecule is CCCCCCCCCOc1ccc(-c2ccc(C(=O)Oc3ccc(C(=O)Oc4ccc(C(=O)OC(C)C(=O)OCCCCC)cc4)cc3)cc2)cc1Cl. The Balaban J connectivity index is 1.22. The van der Waals surface area contributed by atoms with E-state index in [4.69, 9.17) is 35.3 Å². The Labute approximate surface area is 322 Å². The van der Waals surface area contributed by atoms with Crippen molar-refractivity contribution >= 4 is 35.5 Å². The summed E-state index contributed by atoms with van der Waals surface area (Å²) in [7, 11) is 0. The summed E-state index contributed by atoms with van der Waals surface area (Å²) in [6.45, 7) is 6.63. The molecule has 0 heterocycles. The molecule has 0 N–H and O–H groups in total. The molecule has 0 amide bonds. The summed E-state index contributed by atoms with van der Waals surface area (Å²) in [5, 5.41) is 0.533. The van der Waals surface area contributed by atoms with Crippen LogP contribution in [0.5, 0.6) is 17.2 Å². The Morgan fingerprint density at radius 1 is 0.556 bits per heavy atom. The first-order valence-corrected chi connectivity index (χ1v) is 19.1. The van der Waals surface area contributed by atoms with E-state index in [0.29, 0.717) is 22.9 Å². The first-order chi connectivity index (χ1) is 26.2. The Morgan fingerprint density at radius 2 is 1.02 bits per heavy atom. The Kier molecular flexibility index (Phi) is 17.1. The fraction of sp³-hybridized carbons (Fsp3) is 0.364. The molecular formula is C44H49ClO9. The monoisotopic (exact) mass is 756 g/mol. The molecule has 4 rings (SSSR count). The molecule has 0 saturated carbocycles. The molecule has 286 valence electrons. The van der Waals surface area contributed by atoms with Gasteiger partial charge in [0.15, 0.2) is 6.10 Å². The lowest BCUT2D eigenvalue weighted by Crippen LogP contribution is -2.26. The van der Waals surface area contributed by atoms with Crippen molar-refractivity contribution in [1.82, 2.24) is 0 Å². The Bertz CT molecular complexity index is 1800. The Morgan fingerprint density at radius 3 is 1.57 bits per heavy atom. The zero-order valence-electron chi connectivity index (χ0n) is 31.3. The molecule has 0 aliphatic heterocycles. The van der Waals surface area contributed by atoms with Crippen molar-refractivity contribution in [2.75, 3.05) is 13.2 Å². The van der Waals surface area contributed by atoms with E-state index in [1.54, 1.807) is 12.1 Å².